The van der Waals surface area contributed by atoms with Crippen molar-refractivity contribution >= 4 is 6.08 Å². The molecule has 1 aliphatic heterocycles. The molecule has 1 aromatic carbocycles. The van der Waals surface area contributed by atoms with Gasteiger partial charge in [-0.2, -0.15) is 0 Å². The minimum atomic E-state index is 0.953. The van der Waals surface area contributed by atoms with Crippen LogP contribution in [0.4, 0.5) is 0 Å². The maximum Gasteiger partial charge on any atom is 0.0162 e. The summed E-state index contributed by atoms with van der Waals surface area (Å²) in [6, 6.07) is 11.3. The molecular formula is C21H34N2. The van der Waals surface area contributed by atoms with E-state index in [2.05, 4.69) is 47.5 Å². The van der Waals surface area contributed by atoms with Crippen LogP contribution in [-0.4, -0.2) is 37.6 Å². The van der Waals surface area contributed by atoms with Gasteiger partial charge in [0.05, 0.1) is 0 Å². The molecule has 0 unspecified atom stereocenters. The van der Waals surface area contributed by atoms with Crippen LogP contribution in [0.2, 0.25) is 0 Å². The number of nitrogens with zero attached hydrogens (tertiary/aromatic N) is 1. The van der Waals surface area contributed by atoms with Gasteiger partial charge < -0.3 is 10.2 Å². The first-order valence-corrected chi connectivity index (χ1v) is 9.40. The summed E-state index contributed by atoms with van der Waals surface area (Å²) in [6.45, 7) is 5.87. The molecule has 0 spiro atoms. The standard InChI is InChI=1S/C11H15N.C10H19N/c1-10(9-12-2)8-11-6-4-3-5-7-11;1-2-6-10(7-3-1)11-8-4-5-9-11/h3-8,12H,9H2,1-2H3;10H,1-9H2/b10-8+;. The molecule has 2 nitrogen and oxygen atoms in total. The molecule has 23 heavy (non-hydrogen) atoms. The zero-order valence-electron chi connectivity index (χ0n) is 15.1. The molecule has 0 atom stereocenters. The Labute approximate surface area is 143 Å². The van der Waals surface area contributed by atoms with Gasteiger partial charge in [0, 0.05) is 12.6 Å². The van der Waals surface area contributed by atoms with Crippen molar-refractivity contribution in [2.75, 3.05) is 26.7 Å². The van der Waals surface area contributed by atoms with Crippen LogP contribution in [0.1, 0.15) is 57.4 Å². The average molecular weight is 315 g/mol. The topological polar surface area (TPSA) is 15.3 Å². The van der Waals surface area contributed by atoms with Gasteiger partial charge in [0.25, 0.3) is 0 Å². The number of likely N-dealkylation sites (tertiary alicyclic amines) is 1. The van der Waals surface area contributed by atoms with Crippen LogP contribution < -0.4 is 5.32 Å². The fourth-order valence-corrected chi connectivity index (χ4v) is 3.72. The number of benzene rings is 1. The molecule has 1 saturated heterocycles. The van der Waals surface area contributed by atoms with Gasteiger partial charge in [0.15, 0.2) is 0 Å². The van der Waals surface area contributed by atoms with Crippen molar-refractivity contribution in [3.63, 3.8) is 0 Å². The Morgan fingerprint density at radius 3 is 2.30 bits per heavy atom. The molecule has 0 aromatic heterocycles. The maximum absolute atomic E-state index is 3.12. The third-order valence-corrected chi connectivity index (χ3v) is 4.90. The Bertz CT molecular complexity index is 440. The van der Waals surface area contributed by atoms with Gasteiger partial charge in [-0.25, -0.2) is 0 Å². The van der Waals surface area contributed by atoms with E-state index in [0.29, 0.717) is 0 Å². The van der Waals surface area contributed by atoms with Crippen molar-refractivity contribution in [3.05, 3.63) is 41.5 Å². The van der Waals surface area contributed by atoms with Crippen LogP contribution in [0.15, 0.2) is 35.9 Å². The van der Waals surface area contributed by atoms with Gasteiger partial charge in [-0.3, -0.25) is 0 Å². The molecule has 3 rings (SSSR count). The fraction of sp³-hybridized carbons (Fsp3) is 0.619. The maximum atomic E-state index is 3.12. The van der Waals surface area contributed by atoms with E-state index in [1.54, 1.807) is 0 Å². The molecule has 2 aliphatic rings. The summed E-state index contributed by atoms with van der Waals surface area (Å²) in [4.78, 5) is 2.72. The predicted molar refractivity (Wildman–Crippen MR) is 102 cm³/mol. The van der Waals surface area contributed by atoms with Crippen molar-refractivity contribution in [1.82, 2.24) is 10.2 Å². The SMILES string of the molecule is C1CCC(N2CCCC2)CC1.CNC/C(C)=C/c1ccccc1. The summed E-state index contributed by atoms with van der Waals surface area (Å²) in [7, 11) is 1.96. The minimum absolute atomic E-state index is 0.953. The van der Waals surface area contributed by atoms with E-state index >= 15 is 0 Å². The number of nitrogens with one attached hydrogen (secondary N) is 1. The van der Waals surface area contributed by atoms with E-state index in [4.69, 9.17) is 0 Å². The first-order valence-electron chi connectivity index (χ1n) is 9.40. The van der Waals surface area contributed by atoms with Gasteiger partial charge in [-0.05, 0) is 58.3 Å². The average Bonchev–Trinajstić information content (AvgIpc) is 3.12. The lowest BCUT2D eigenvalue weighted by atomic mass is 9.94. The van der Waals surface area contributed by atoms with Gasteiger partial charge in [-0.1, -0.05) is 61.2 Å². The van der Waals surface area contributed by atoms with Crippen LogP contribution in [0.5, 0.6) is 0 Å². The fourth-order valence-electron chi connectivity index (χ4n) is 3.72. The summed E-state index contributed by atoms with van der Waals surface area (Å²) in [6.07, 6.45) is 12.5. The van der Waals surface area contributed by atoms with E-state index in [-0.39, 0.29) is 0 Å². The number of rotatable bonds is 4. The van der Waals surface area contributed by atoms with Gasteiger partial charge in [0.2, 0.25) is 0 Å². The third kappa shape index (κ3) is 6.88. The molecule has 0 amide bonds. The second-order valence-electron chi connectivity index (χ2n) is 6.97. The lowest BCUT2D eigenvalue weighted by Crippen LogP contribution is -2.34. The lowest BCUT2D eigenvalue weighted by Gasteiger charge is -2.30. The van der Waals surface area contributed by atoms with Gasteiger partial charge in [0.1, 0.15) is 0 Å². The Hall–Kier alpha value is -1.12. The van der Waals surface area contributed by atoms with Crippen LogP contribution in [0.25, 0.3) is 6.08 Å². The largest absolute Gasteiger partial charge is 0.316 e. The molecule has 0 bridgehead atoms. The van der Waals surface area contributed by atoms with Crippen LogP contribution in [-0.2, 0) is 0 Å². The van der Waals surface area contributed by atoms with Gasteiger partial charge >= 0.3 is 0 Å². The summed E-state index contributed by atoms with van der Waals surface area (Å²) < 4.78 is 0. The Balaban J connectivity index is 0.000000167. The van der Waals surface area contributed by atoms with E-state index in [9.17, 15) is 0 Å². The molecule has 1 aliphatic carbocycles. The quantitative estimate of drug-likeness (QED) is 0.864. The first-order chi connectivity index (χ1) is 11.3. The highest BCUT2D eigenvalue weighted by atomic mass is 15.2. The molecule has 1 aromatic rings. The van der Waals surface area contributed by atoms with Crippen LogP contribution >= 0.6 is 0 Å². The molecule has 0 radical (unpaired) electrons. The number of likely N-dealkylation sites (N-methyl/N-ethyl adjacent to an activating group) is 1. The van der Waals surface area contributed by atoms with E-state index in [1.165, 1.54) is 69.2 Å². The Morgan fingerprint density at radius 2 is 1.70 bits per heavy atom. The molecular weight excluding hydrogens is 280 g/mol. The highest BCUT2D eigenvalue weighted by molar-refractivity contribution is 5.52. The van der Waals surface area contributed by atoms with E-state index in [0.717, 1.165) is 12.6 Å². The van der Waals surface area contributed by atoms with E-state index < -0.39 is 0 Å². The van der Waals surface area contributed by atoms with Crippen molar-refractivity contribution in [2.45, 2.75) is 57.9 Å². The van der Waals surface area contributed by atoms with Gasteiger partial charge in [-0.15, -0.1) is 0 Å². The molecule has 2 fully saturated rings. The van der Waals surface area contributed by atoms with Crippen LogP contribution in [0, 0.1) is 0 Å². The van der Waals surface area contributed by atoms with Crippen molar-refractivity contribution in [2.24, 2.45) is 0 Å². The predicted octanol–water partition coefficient (Wildman–Crippen LogP) is 4.72. The summed E-state index contributed by atoms with van der Waals surface area (Å²) in [5, 5.41) is 3.12. The summed E-state index contributed by atoms with van der Waals surface area (Å²) in [5.41, 5.74) is 2.62. The first kappa shape index (κ1) is 18.2. The third-order valence-electron chi connectivity index (χ3n) is 4.90. The lowest BCUT2D eigenvalue weighted by molar-refractivity contribution is 0.191. The molecule has 1 N–H and O–H groups in total. The van der Waals surface area contributed by atoms with Crippen LogP contribution in [0.3, 0.4) is 0 Å². The minimum Gasteiger partial charge on any atom is -0.316 e. The number of hydrogen-bond donors (Lipinski definition) is 1. The molecule has 1 heterocycles. The molecule has 128 valence electrons. The highest BCUT2D eigenvalue weighted by Gasteiger charge is 2.22. The summed E-state index contributed by atoms with van der Waals surface area (Å²) in [5.74, 6) is 0. The second-order valence-corrected chi connectivity index (χ2v) is 6.97. The summed E-state index contributed by atoms with van der Waals surface area (Å²) >= 11 is 0. The Morgan fingerprint density at radius 1 is 1.04 bits per heavy atom. The molecule has 1 saturated carbocycles. The normalized spacial score (nSPS) is 20.2. The van der Waals surface area contributed by atoms with Crippen molar-refractivity contribution < 1.29 is 0 Å². The van der Waals surface area contributed by atoms with Crippen molar-refractivity contribution in [3.8, 4) is 0 Å². The van der Waals surface area contributed by atoms with Crippen molar-refractivity contribution in [1.29, 1.82) is 0 Å². The second kappa shape index (κ2) is 10.6. The zero-order chi connectivity index (χ0) is 16.3. The Kier molecular flexibility index (Phi) is 8.41. The monoisotopic (exact) mass is 314 g/mol. The smallest absolute Gasteiger partial charge is 0.0162 e. The molecule has 2 heteroatoms. The zero-order valence-corrected chi connectivity index (χ0v) is 15.1. The highest BCUT2D eigenvalue weighted by Crippen LogP contribution is 2.25. The number of hydrogen-bond acceptors (Lipinski definition) is 2. The van der Waals surface area contributed by atoms with E-state index in [1.807, 2.05) is 13.1 Å².